The predicted octanol–water partition coefficient (Wildman–Crippen LogP) is 1.84. The van der Waals surface area contributed by atoms with Gasteiger partial charge in [-0.1, -0.05) is 12.1 Å². The van der Waals surface area contributed by atoms with Gasteiger partial charge in [-0.15, -0.1) is 0 Å². The van der Waals surface area contributed by atoms with Crippen molar-refractivity contribution in [3.63, 3.8) is 0 Å². The molecule has 98 valence electrons. The van der Waals surface area contributed by atoms with Gasteiger partial charge in [-0.25, -0.2) is 4.79 Å². The first-order chi connectivity index (χ1) is 8.31. The van der Waals surface area contributed by atoms with Gasteiger partial charge in [0, 0.05) is 5.69 Å². The average molecular weight is 250 g/mol. The molecular weight excluding hydrogens is 232 g/mol. The normalized spacial score (nSPS) is 12.1. The lowest BCUT2D eigenvalue weighted by molar-refractivity contribution is -0.154. The molecule has 0 aromatic heterocycles. The van der Waals surface area contributed by atoms with Crippen molar-refractivity contribution >= 4 is 17.7 Å². The van der Waals surface area contributed by atoms with Crippen LogP contribution in [0.2, 0.25) is 0 Å². The van der Waals surface area contributed by atoms with Gasteiger partial charge in [0.15, 0.2) is 0 Å². The van der Waals surface area contributed by atoms with Gasteiger partial charge in [0.1, 0.15) is 5.60 Å². The molecule has 0 saturated heterocycles. The Balaban J connectivity index is 2.93. The lowest BCUT2D eigenvalue weighted by Crippen LogP contribution is -2.26. The maximum Gasteiger partial charge on any atom is 0.376 e. The number of ether oxygens (including phenoxy) is 1. The smallest absolute Gasteiger partial charge is 0.376 e. The summed E-state index contributed by atoms with van der Waals surface area (Å²) in [7, 11) is 0. The van der Waals surface area contributed by atoms with E-state index in [4.69, 9.17) is 16.4 Å². The minimum atomic E-state index is -0.618. The number of rotatable bonds is 3. The first-order valence-electron chi connectivity index (χ1n) is 5.49. The summed E-state index contributed by atoms with van der Waals surface area (Å²) in [5.41, 5.74) is 6.33. The summed E-state index contributed by atoms with van der Waals surface area (Å²) in [6.07, 6.45) is 1.48. The number of carbonyl (C=O) groups is 1. The van der Waals surface area contributed by atoms with Crippen LogP contribution in [0.3, 0.4) is 0 Å². The van der Waals surface area contributed by atoms with Crippen molar-refractivity contribution in [2.24, 2.45) is 5.90 Å². The van der Waals surface area contributed by atoms with Gasteiger partial charge in [0.25, 0.3) is 0 Å². The van der Waals surface area contributed by atoms with Crippen molar-refractivity contribution in [3.8, 4) is 0 Å². The lowest BCUT2D eigenvalue weighted by Gasteiger charge is -2.19. The van der Waals surface area contributed by atoms with E-state index >= 15 is 0 Å². The Hall–Kier alpha value is -2.01. The second kappa shape index (κ2) is 5.55. The van der Waals surface area contributed by atoms with Crippen LogP contribution in [0.1, 0.15) is 26.3 Å². The fourth-order valence-corrected chi connectivity index (χ4v) is 1.27. The van der Waals surface area contributed by atoms with Gasteiger partial charge in [0.2, 0.25) is 5.76 Å². The highest BCUT2D eigenvalue weighted by Gasteiger charge is 2.20. The van der Waals surface area contributed by atoms with E-state index in [-0.39, 0.29) is 5.76 Å². The Bertz CT molecular complexity index is 462. The van der Waals surface area contributed by atoms with Crippen LogP contribution in [0.15, 0.2) is 30.0 Å². The van der Waals surface area contributed by atoms with Crippen LogP contribution in [0.4, 0.5) is 5.69 Å². The second-order valence-corrected chi connectivity index (χ2v) is 4.80. The standard InChI is InChI=1S/C13H18N2O3/c1-13(2,3)17-12(16)11(18-15)8-9-5-4-6-10(14)7-9/h4-8H,14-15H2,1-3H3. The molecule has 0 saturated carbocycles. The molecule has 0 aliphatic rings. The molecule has 0 bridgehead atoms. The van der Waals surface area contributed by atoms with Gasteiger partial charge in [-0.05, 0) is 44.5 Å². The molecule has 0 atom stereocenters. The molecule has 1 rings (SSSR count). The number of nitrogens with two attached hydrogens (primary N) is 2. The Morgan fingerprint density at radius 1 is 1.33 bits per heavy atom. The highest BCUT2D eigenvalue weighted by atomic mass is 16.6. The number of hydrogen-bond acceptors (Lipinski definition) is 5. The summed E-state index contributed by atoms with van der Waals surface area (Å²) in [5.74, 6) is 4.39. The molecule has 0 heterocycles. The van der Waals surface area contributed by atoms with Crippen LogP contribution in [-0.2, 0) is 14.4 Å². The molecule has 0 radical (unpaired) electrons. The maximum atomic E-state index is 11.8. The molecule has 0 aliphatic carbocycles. The summed E-state index contributed by atoms with van der Waals surface area (Å²) in [4.78, 5) is 16.3. The molecule has 4 N–H and O–H groups in total. The molecule has 0 spiro atoms. The summed E-state index contributed by atoms with van der Waals surface area (Å²) < 4.78 is 5.15. The van der Waals surface area contributed by atoms with E-state index in [9.17, 15) is 4.79 Å². The van der Waals surface area contributed by atoms with E-state index in [0.29, 0.717) is 11.3 Å². The summed E-state index contributed by atoms with van der Waals surface area (Å²) in [6, 6.07) is 6.99. The first-order valence-corrected chi connectivity index (χ1v) is 5.49. The molecular formula is C13H18N2O3. The minimum Gasteiger partial charge on any atom is -0.454 e. The number of carbonyl (C=O) groups excluding carboxylic acids is 1. The van der Waals surface area contributed by atoms with E-state index in [2.05, 4.69) is 4.84 Å². The summed E-state index contributed by atoms with van der Waals surface area (Å²) in [5, 5.41) is 0. The van der Waals surface area contributed by atoms with E-state index < -0.39 is 11.6 Å². The van der Waals surface area contributed by atoms with Crippen LogP contribution < -0.4 is 11.6 Å². The molecule has 0 aliphatic heterocycles. The minimum absolute atomic E-state index is 0.0736. The van der Waals surface area contributed by atoms with E-state index in [0.717, 1.165) is 0 Å². The zero-order valence-electron chi connectivity index (χ0n) is 10.8. The van der Waals surface area contributed by atoms with Gasteiger partial charge < -0.3 is 15.3 Å². The van der Waals surface area contributed by atoms with Crippen molar-refractivity contribution in [2.75, 3.05) is 5.73 Å². The molecule has 5 nitrogen and oxygen atoms in total. The number of esters is 1. The largest absolute Gasteiger partial charge is 0.454 e. The Morgan fingerprint density at radius 2 is 2.00 bits per heavy atom. The fourth-order valence-electron chi connectivity index (χ4n) is 1.27. The second-order valence-electron chi connectivity index (χ2n) is 4.80. The first kappa shape index (κ1) is 14.1. The third-order valence-electron chi connectivity index (χ3n) is 1.94. The average Bonchev–Trinajstić information content (AvgIpc) is 2.23. The van der Waals surface area contributed by atoms with Crippen LogP contribution in [0, 0.1) is 0 Å². The third-order valence-corrected chi connectivity index (χ3v) is 1.94. The van der Waals surface area contributed by atoms with Crippen molar-refractivity contribution < 1.29 is 14.4 Å². The number of benzene rings is 1. The van der Waals surface area contributed by atoms with Crippen LogP contribution >= 0.6 is 0 Å². The Labute approximate surface area is 106 Å². The quantitative estimate of drug-likeness (QED) is 0.281. The fraction of sp³-hybridized carbons (Fsp3) is 0.308. The molecule has 0 amide bonds. The summed E-state index contributed by atoms with van der Waals surface area (Å²) >= 11 is 0. The van der Waals surface area contributed by atoms with Crippen molar-refractivity contribution in [2.45, 2.75) is 26.4 Å². The molecule has 1 aromatic rings. The van der Waals surface area contributed by atoms with Crippen molar-refractivity contribution in [1.82, 2.24) is 0 Å². The Morgan fingerprint density at radius 3 is 2.50 bits per heavy atom. The summed E-state index contributed by atoms with van der Waals surface area (Å²) in [6.45, 7) is 5.29. The highest BCUT2D eigenvalue weighted by Crippen LogP contribution is 2.15. The SMILES string of the molecule is CC(C)(C)OC(=O)C(=Cc1cccc(N)c1)ON. The predicted molar refractivity (Wildman–Crippen MR) is 69.9 cm³/mol. The number of hydrogen-bond donors (Lipinski definition) is 2. The molecule has 18 heavy (non-hydrogen) atoms. The molecule has 0 unspecified atom stereocenters. The number of anilines is 1. The molecule has 1 aromatic carbocycles. The Kier molecular flexibility index (Phi) is 4.33. The van der Waals surface area contributed by atoms with Gasteiger partial charge >= 0.3 is 5.97 Å². The highest BCUT2D eigenvalue weighted by molar-refractivity contribution is 5.91. The number of nitrogen functional groups attached to an aromatic ring is 1. The van der Waals surface area contributed by atoms with Crippen LogP contribution in [0.5, 0.6) is 0 Å². The van der Waals surface area contributed by atoms with Gasteiger partial charge in [-0.2, -0.15) is 5.90 Å². The lowest BCUT2D eigenvalue weighted by atomic mass is 10.1. The van der Waals surface area contributed by atoms with E-state index in [1.807, 2.05) is 0 Å². The van der Waals surface area contributed by atoms with Gasteiger partial charge in [0.05, 0.1) is 0 Å². The van der Waals surface area contributed by atoms with Crippen molar-refractivity contribution in [3.05, 3.63) is 35.6 Å². The van der Waals surface area contributed by atoms with Crippen LogP contribution in [0.25, 0.3) is 6.08 Å². The zero-order valence-corrected chi connectivity index (χ0v) is 10.8. The topological polar surface area (TPSA) is 87.6 Å². The van der Waals surface area contributed by atoms with E-state index in [1.165, 1.54) is 6.08 Å². The zero-order chi connectivity index (χ0) is 13.8. The third kappa shape index (κ3) is 4.47. The van der Waals surface area contributed by atoms with Crippen molar-refractivity contribution in [1.29, 1.82) is 0 Å². The molecule has 5 heteroatoms. The van der Waals surface area contributed by atoms with Gasteiger partial charge in [-0.3, -0.25) is 0 Å². The monoisotopic (exact) mass is 250 g/mol. The molecule has 0 fully saturated rings. The maximum absolute atomic E-state index is 11.8. The van der Waals surface area contributed by atoms with E-state index in [1.54, 1.807) is 45.0 Å². The van der Waals surface area contributed by atoms with Crippen LogP contribution in [-0.4, -0.2) is 11.6 Å².